The summed E-state index contributed by atoms with van der Waals surface area (Å²) in [6, 6.07) is 12.2. The molecule has 1 heterocycles. The van der Waals surface area contributed by atoms with E-state index in [1.807, 2.05) is 36.4 Å². The van der Waals surface area contributed by atoms with E-state index in [0.29, 0.717) is 0 Å². The van der Waals surface area contributed by atoms with Gasteiger partial charge in [-0.3, -0.25) is 4.90 Å². The molecule has 0 spiro atoms. The van der Waals surface area contributed by atoms with Gasteiger partial charge in [-0.2, -0.15) is 0 Å². The average molecular weight is 300 g/mol. The van der Waals surface area contributed by atoms with Gasteiger partial charge in [0.25, 0.3) is 0 Å². The summed E-state index contributed by atoms with van der Waals surface area (Å²) < 4.78 is 10.8. The molecule has 2 rings (SSSR count). The SMILES string of the molecule is COc1ccccc1/C=C/CNCC(c1ccco1)N(C)C. The quantitative estimate of drug-likeness (QED) is 0.760. The molecule has 1 N–H and O–H groups in total. The van der Waals surface area contributed by atoms with E-state index in [9.17, 15) is 0 Å². The Balaban J connectivity index is 1.84. The molecule has 0 saturated heterocycles. The molecule has 0 fully saturated rings. The fourth-order valence-electron chi connectivity index (χ4n) is 2.31. The zero-order valence-corrected chi connectivity index (χ0v) is 13.5. The molecule has 4 nitrogen and oxygen atoms in total. The van der Waals surface area contributed by atoms with Gasteiger partial charge in [-0.05, 0) is 32.3 Å². The first-order valence-electron chi connectivity index (χ1n) is 7.42. The van der Waals surface area contributed by atoms with Crippen molar-refractivity contribution in [3.63, 3.8) is 0 Å². The van der Waals surface area contributed by atoms with Crippen molar-refractivity contribution in [2.24, 2.45) is 0 Å². The zero-order chi connectivity index (χ0) is 15.8. The smallest absolute Gasteiger partial charge is 0.126 e. The molecule has 1 aromatic heterocycles. The van der Waals surface area contributed by atoms with Gasteiger partial charge in [0, 0.05) is 18.7 Å². The Bertz CT molecular complexity index is 577. The van der Waals surface area contributed by atoms with Gasteiger partial charge >= 0.3 is 0 Å². The van der Waals surface area contributed by atoms with Gasteiger partial charge in [0.15, 0.2) is 0 Å². The molecule has 0 bridgehead atoms. The van der Waals surface area contributed by atoms with Crippen LogP contribution in [-0.2, 0) is 0 Å². The van der Waals surface area contributed by atoms with E-state index in [4.69, 9.17) is 9.15 Å². The van der Waals surface area contributed by atoms with Crippen LogP contribution in [0.25, 0.3) is 6.08 Å². The Morgan fingerprint density at radius 3 is 2.73 bits per heavy atom. The van der Waals surface area contributed by atoms with E-state index < -0.39 is 0 Å². The van der Waals surface area contributed by atoms with E-state index in [1.54, 1.807) is 13.4 Å². The van der Waals surface area contributed by atoms with E-state index in [0.717, 1.165) is 30.2 Å². The lowest BCUT2D eigenvalue weighted by Gasteiger charge is -2.22. The highest BCUT2D eigenvalue weighted by atomic mass is 16.5. The van der Waals surface area contributed by atoms with Crippen LogP contribution in [0.4, 0.5) is 0 Å². The second-order valence-electron chi connectivity index (χ2n) is 5.30. The summed E-state index contributed by atoms with van der Waals surface area (Å²) in [5.74, 6) is 1.87. The molecule has 1 unspecified atom stereocenters. The van der Waals surface area contributed by atoms with Gasteiger partial charge in [0.2, 0.25) is 0 Å². The highest BCUT2D eigenvalue weighted by Gasteiger charge is 2.15. The van der Waals surface area contributed by atoms with Crippen molar-refractivity contribution in [2.75, 3.05) is 34.3 Å². The van der Waals surface area contributed by atoms with Gasteiger partial charge in [0.1, 0.15) is 11.5 Å². The van der Waals surface area contributed by atoms with Gasteiger partial charge in [-0.15, -0.1) is 0 Å². The standard InChI is InChI=1S/C18H24N2O2/c1-20(2)16(18-11-7-13-22-18)14-19-12-6-9-15-8-4-5-10-17(15)21-3/h4-11,13,16,19H,12,14H2,1-3H3/b9-6+. The molecule has 0 aliphatic carbocycles. The third-order valence-electron chi connectivity index (χ3n) is 3.53. The second kappa shape index (κ2) is 8.41. The predicted molar refractivity (Wildman–Crippen MR) is 90.0 cm³/mol. The molecule has 0 radical (unpaired) electrons. The number of benzene rings is 1. The Hall–Kier alpha value is -2.04. The van der Waals surface area contributed by atoms with Gasteiger partial charge in [-0.1, -0.05) is 30.4 Å². The summed E-state index contributed by atoms with van der Waals surface area (Å²) in [5, 5.41) is 3.43. The van der Waals surface area contributed by atoms with Gasteiger partial charge in [-0.25, -0.2) is 0 Å². The first-order chi connectivity index (χ1) is 10.7. The molecular weight excluding hydrogens is 276 g/mol. The van der Waals surface area contributed by atoms with Gasteiger partial charge in [0.05, 0.1) is 19.4 Å². The first-order valence-corrected chi connectivity index (χ1v) is 7.42. The Kier molecular flexibility index (Phi) is 6.25. The maximum Gasteiger partial charge on any atom is 0.126 e. The molecule has 22 heavy (non-hydrogen) atoms. The van der Waals surface area contributed by atoms with E-state index >= 15 is 0 Å². The van der Waals surface area contributed by atoms with Crippen molar-refractivity contribution >= 4 is 6.08 Å². The fraction of sp³-hybridized carbons (Fsp3) is 0.333. The number of likely N-dealkylation sites (N-methyl/N-ethyl adjacent to an activating group) is 1. The van der Waals surface area contributed by atoms with Crippen LogP contribution in [0, 0.1) is 0 Å². The number of hydrogen-bond acceptors (Lipinski definition) is 4. The number of para-hydroxylation sites is 1. The highest BCUT2D eigenvalue weighted by molar-refractivity contribution is 5.57. The summed E-state index contributed by atoms with van der Waals surface area (Å²) in [6.45, 7) is 1.62. The number of rotatable bonds is 8. The third kappa shape index (κ3) is 4.48. The summed E-state index contributed by atoms with van der Waals surface area (Å²) >= 11 is 0. The lowest BCUT2D eigenvalue weighted by Crippen LogP contribution is -2.30. The molecule has 1 aromatic carbocycles. The van der Waals surface area contributed by atoms with Crippen LogP contribution in [0.1, 0.15) is 17.4 Å². The molecule has 0 amide bonds. The number of nitrogens with one attached hydrogen (secondary N) is 1. The lowest BCUT2D eigenvalue weighted by atomic mass is 10.2. The maximum atomic E-state index is 5.50. The largest absolute Gasteiger partial charge is 0.496 e. The Labute approximate surface area is 132 Å². The molecule has 1 atom stereocenters. The molecule has 2 aromatic rings. The van der Waals surface area contributed by atoms with Crippen LogP contribution in [0.5, 0.6) is 5.75 Å². The van der Waals surface area contributed by atoms with Crippen molar-refractivity contribution in [1.29, 1.82) is 0 Å². The second-order valence-corrected chi connectivity index (χ2v) is 5.30. The van der Waals surface area contributed by atoms with E-state index in [1.165, 1.54) is 0 Å². The van der Waals surface area contributed by atoms with Crippen LogP contribution in [0.2, 0.25) is 0 Å². The molecule has 0 saturated carbocycles. The lowest BCUT2D eigenvalue weighted by molar-refractivity contribution is 0.252. The zero-order valence-electron chi connectivity index (χ0n) is 13.5. The molecule has 4 heteroatoms. The van der Waals surface area contributed by atoms with Crippen LogP contribution in [-0.4, -0.2) is 39.2 Å². The van der Waals surface area contributed by atoms with Crippen LogP contribution >= 0.6 is 0 Å². The van der Waals surface area contributed by atoms with Crippen molar-refractivity contribution in [2.45, 2.75) is 6.04 Å². The van der Waals surface area contributed by atoms with Crippen molar-refractivity contribution < 1.29 is 9.15 Å². The minimum Gasteiger partial charge on any atom is -0.496 e. The topological polar surface area (TPSA) is 37.6 Å². The van der Waals surface area contributed by atoms with Crippen LogP contribution in [0.15, 0.2) is 53.2 Å². The molecule has 0 aliphatic heterocycles. The third-order valence-corrected chi connectivity index (χ3v) is 3.53. The highest BCUT2D eigenvalue weighted by Crippen LogP contribution is 2.19. The summed E-state index contributed by atoms with van der Waals surface area (Å²) in [5.41, 5.74) is 1.09. The van der Waals surface area contributed by atoms with Crippen LogP contribution in [0.3, 0.4) is 0 Å². The number of hydrogen-bond donors (Lipinski definition) is 1. The minimum absolute atomic E-state index is 0.231. The number of furan rings is 1. The van der Waals surface area contributed by atoms with Crippen molar-refractivity contribution in [1.82, 2.24) is 10.2 Å². The van der Waals surface area contributed by atoms with E-state index in [2.05, 4.69) is 36.5 Å². The van der Waals surface area contributed by atoms with Crippen molar-refractivity contribution in [3.05, 3.63) is 60.1 Å². The predicted octanol–water partition coefficient (Wildman–Crippen LogP) is 3.19. The van der Waals surface area contributed by atoms with Crippen molar-refractivity contribution in [3.8, 4) is 5.75 Å². The number of nitrogens with zero attached hydrogens (tertiary/aromatic N) is 1. The normalized spacial score (nSPS) is 12.9. The summed E-state index contributed by atoms with van der Waals surface area (Å²) in [7, 11) is 5.80. The first kappa shape index (κ1) is 16.3. The molecule has 118 valence electrons. The molecule has 0 aliphatic rings. The van der Waals surface area contributed by atoms with Crippen LogP contribution < -0.4 is 10.1 Å². The Morgan fingerprint density at radius 1 is 1.23 bits per heavy atom. The number of ether oxygens (including phenoxy) is 1. The number of methoxy groups -OCH3 is 1. The Morgan fingerprint density at radius 2 is 2.05 bits per heavy atom. The summed E-state index contributed by atoms with van der Waals surface area (Å²) in [6.07, 6.45) is 5.89. The monoisotopic (exact) mass is 300 g/mol. The van der Waals surface area contributed by atoms with E-state index in [-0.39, 0.29) is 6.04 Å². The fourth-order valence-corrected chi connectivity index (χ4v) is 2.31. The maximum absolute atomic E-state index is 5.50. The minimum atomic E-state index is 0.231. The molecular formula is C18H24N2O2. The summed E-state index contributed by atoms with van der Waals surface area (Å²) in [4.78, 5) is 2.15. The average Bonchev–Trinajstić information content (AvgIpc) is 3.04. The van der Waals surface area contributed by atoms with Gasteiger partial charge < -0.3 is 14.5 Å².